The quantitative estimate of drug-likeness (QED) is 0.0477. The van der Waals surface area contributed by atoms with E-state index in [1.54, 1.807) is 60.5 Å². The van der Waals surface area contributed by atoms with Gasteiger partial charge in [-0.15, -0.1) is 0 Å². The molecule has 7 rings (SSSR count). The number of aromatic nitrogens is 3. The molecule has 13 heteroatoms. The van der Waals surface area contributed by atoms with Crippen LogP contribution in [0.4, 0.5) is 5.69 Å². The molecule has 2 heterocycles. The first-order chi connectivity index (χ1) is 30.9. The van der Waals surface area contributed by atoms with Gasteiger partial charge in [-0.3, -0.25) is 19.2 Å². The Labute approximate surface area is 374 Å². The Morgan fingerprint density at radius 1 is 0.734 bits per heavy atom. The zero-order valence-corrected chi connectivity index (χ0v) is 37.3. The third-order valence-electron chi connectivity index (χ3n) is 11.6. The number of anilines is 1. The van der Waals surface area contributed by atoms with Crippen molar-refractivity contribution in [3.05, 3.63) is 155 Å². The molecule has 12 nitrogen and oxygen atoms in total. The summed E-state index contributed by atoms with van der Waals surface area (Å²) in [6, 6.07) is 36.4. The molecule has 1 N–H and O–H groups in total. The van der Waals surface area contributed by atoms with E-state index in [0.717, 1.165) is 44.8 Å². The van der Waals surface area contributed by atoms with Crippen LogP contribution in [0.3, 0.4) is 0 Å². The molecule has 1 unspecified atom stereocenters. The highest BCUT2D eigenvalue weighted by Gasteiger charge is 2.29. The van der Waals surface area contributed by atoms with Gasteiger partial charge in [0.2, 0.25) is 5.91 Å². The number of ketones is 2. The van der Waals surface area contributed by atoms with Gasteiger partial charge in [-0.25, -0.2) is 8.42 Å². The summed E-state index contributed by atoms with van der Waals surface area (Å²) >= 11 is 0. The average Bonchev–Trinajstić information content (AvgIpc) is 3.78. The van der Waals surface area contributed by atoms with Gasteiger partial charge in [-0.2, -0.15) is 15.4 Å². The normalized spacial score (nSPS) is 12.6. The second kappa shape index (κ2) is 20.7. The van der Waals surface area contributed by atoms with Crippen LogP contribution in [-0.2, 0) is 37.1 Å². The molecule has 0 aliphatic carbocycles. The lowest BCUT2D eigenvalue weighted by Gasteiger charge is -2.28. The van der Waals surface area contributed by atoms with Gasteiger partial charge in [0.05, 0.1) is 22.9 Å². The number of rotatable bonds is 19. The minimum atomic E-state index is -3.76. The number of sulfone groups is 1. The molecule has 0 bridgehead atoms. The first-order valence-electron chi connectivity index (χ1n) is 21.6. The standard InChI is InChI=1S/C51H53N5O7S/c1-35-17-21-37(22-18-35)23-24-41(33-64(61,62)43-29-19-36(2)20-30-43)50(59)38-25-27-39(28-26-38)51(60)55(3)34-63-31-9-12-42(57)11-8-16-47(58)56-32-40-10-4-5-13-44(40)48-49(53-54-52-48)45-14-6-7-15-46(45)56/h4-7,10,13-15,17-22,25-30,41H,8-9,11-12,16,23-24,31-34H2,1-3H3,(H,52,53,54). The summed E-state index contributed by atoms with van der Waals surface area (Å²) in [6.45, 7) is 4.51. The molecular weight excluding hydrogens is 827 g/mol. The minimum absolute atomic E-state index is 0.00354. The number of carbonyl (C=O) groups is 4. The van der Waals surface area contributed by atoms with Crippen molar-refractivity contribution in [2.75, 3.05) is 31.0 Å². The summed E-state index contributed by atoms with van der Waals surface area (Å²) in [6.07, 6.45) is 2.51. The van der Waals surface area contributed by atoms with Gasteiger partial charge in [0, 0.05) is 61.1 Å². The van der Waals surface area contributed by atoms with Crippen LogP contribution in [0.2, 0.25) is 0 Å². The van der Waals surface area contributed by atoms with Crippen molar-refractivity contribution in [1.29, 1.82) is 0 Å². The lowest BCUT2D eigenvalue weighted by Crippen LogP contribution is -2.31. The van der Waals surface area contributed by atoms with E-state index in [0.29, 0.717) is 49.0 Å². The Hall–Kier alpha value is -6.57. The molecule has 1 aliphatic heterocycles. The van der Waals surface area contributed by atoms with Crippen molar-refractivity contribution in [2.24, 2.45) is 5.92 Å². The summed E-state index contributed by atoms with van der Waals surface area (Å²) in [4.78, 5) is 57.1. The summed E-state index contributed by atoms with van der Waals surface area (Å²) in [5.41, 5.74) is 8.59. The number of nitrogens with zero attached hydrogens (tertiary/aromatic N) is 4. The van der Waals surface area contributed by atoms with Crippen LogP contribution in [0.1, 0.15) is 81.5 Å². The molecule has 5 aromatic carbocycles. The van der Waals surface area contributed by atoms with Crippen LogP contribution in [-0.4, -0.2) is 78.2 Å². The lowest BCUT2D eigenvalue weighted by atomic mass is 9.92. The summed E-state index contributed by atoms with van der Waals surface area (Å²) in [7, 11) is -2.15. The molecule has 0 saturated carbocycles. The molecule has 64 heavy (non-hydrogen) atoms. The monoisotopic (exact) mass is 879 g/mol. The number of hydrogen-bond acceptors (Lipinski definition) is 9. The Morgan fingerprint density at radius 2 is 1.34 bits per heavy atom. The third-order valence-corrected chi connectivity index (χ3v) is 13.4. The predicted octanol–water partition coefficient (Wildman–Crippen LogP) is 8.77. The fourth-order valence-corrected chi connectivity index (χ4v) is 9.53. The Morgan fingerprint density at radius 3 is 2.06 bits per heavy atom. The minimum Gasteiger partial charge on any atom is -0.361 e. The van der Waals surface area contributed by atoms with Gasteiger partial charge >= 0.3 is 0 Å². The van der Waals surface area contributed by atoms with E-state index in [9.17, 15) is 27.6 Å². The van der Waals surface area contributed by atoms with E-state index >= 15 is 0 Å². The van der Waals surface area contributed by atoms with Crippen LogP contribution < -0.4 is 4.90 Å². The number of nitrogens with one attached hydrogen (secondary N) is 1. The van der Waals surface area contributed by atoms with Crippen molar-refractivity contribution >= 4 is 38.9 Å². The molecule has 0 spiro atoms. The zero-order valence-electron chi connectivity index (χ0n) is 36.5. The highest BCUT2D eigenvalue weighted by atomic mass is 32.2. The average molecular weight is 880 g/mol. The number of Topliss-reactive ketones (excluding diaryl/α,β-unsaturated/α-hetero) is 2. The van der Waals surface area contributed by atoms with E-state index in [1.807, 2.05) is 86.6 Å². The highest BCUT2D eigenvalue weighted by Crippen LogP contribution is 2.40. The Balaban J connectivity index is 0.864. The summed E-state index contributed by atoms with van der Waals surface area (Å²) in [5.74, 6) is -1.78. The molecule has 0 saturated heterocycles. The van der Waals surface area contributed by atoms with Crippen molar-refractivity contribution in [2.45, 2.75) is 70.2 Å². The molecule has 330 valence electrons. The maximum absolute atomic E-state index is 13.9. The number of H-pyrrole nitrogens is 1. The van der Waals surface area contributed by atoms with Crippen LogP contribution in [0, 0.1) is 19.8 Å². The number of carbonyl (C=O) groups excluding carboxylic acids is 4. The van der Waals surface area contributed by atoms with Gasteiger partial charge in [-0.1, -0.05) is 102 Å². The van der Waals surface area contributed by atoms with E-state index in [1.165, 1.54) is 4.90 Å². The third kappa shape index (κ3) is 11.1. The Bertz CT molecular complexity index is 2710. The first kappa shape index (κ1) is 45.5. The van der Waals surface area contributed by atoms with Crippen molar-refractivity contribution in [3.8, 4) is 22.5 Å². The highest BCUT2D eigenvalue weighted by molar-refractivity contribution is 7.91. The topological polar surface area (TPSA) is 160 Å². The second-order valence-corrected chi connectivity index (χ2v) is 18.5. The zero-order chi connectivity index (χ0) is 45.2. The molecule has 0 radical (unpaired) electrons. The fourth-order valence-electron chi connectivity index (χ4n) is 7.94. The van der Waals surface area contributed by atoms with E-state index < -0.39 is 15.8 Å². The fraction of sp³-hybridized carbons (Fsp3) is 0.294. The smallest absolute Gasteiger partial charge is 0.255 e. The van der Waals surface area contributed by atoms with Crippen LogP contribution in [0.5, 0.6) is 0 Å². The maximum Gasteiger partial charge on any atom is 0.255 e. The molecule has 2 amide bonds. The molecule has 1 atom stereocenters. The summed E-state index contributed by atoms with van der Waals surface area (Å²) < 4.78 is 32.7. The predicted molar refractivity (Wildman–Crippen MR) is 246 cm³/mol. The van der Waals surface area contributed by atoms with Crippen molar-refractivity contribution in [3.63, 3.8) is 0 Å². The molecule has 1 aliphatic rings. The van der Waals surface area contributed by atoms with E-state index in [4.69, 9.17) is 4.74 Å². The lowest BCUT2D eigenvalue weighted by molar-refractivity contribution is -0.120. The van der Waals surface area contributed by atoms with E-state index in [2.05, 4.69) is 15.4 Å². The van der Waals surface area contributed by atoms with Gasteiger partial charge < -0.3 is 14.5 Å². The number of fused-ring (bicyclic) bond motifs is 5. The number of benzene rings is 5. The SMILES string of the molecule is Cc1ccc(CCC(CS(=O)(=O)c2ccc(C)cc2)C(=O)c2ccc(C(=O)N(C)COCCCC(=O)CCCC(=O)N3Cc4ccccc4-c4n[nH]nc4-c4ccccc43)cc2)cc1. The number of amides is 2. The van der Waals surface area contributed by atoms with Gasteiger partial charge in [-0.05, 0) is 81.0 Å². The van der Waals surface area contributed by atoms with E-state index in [-0.39, 0.29) is 66.6 Å². The molecule has 6 aromatic rings. The van der Waals surface area contributed by atoms with Gasteiger partial charge in [0.15, 0.2) is 15.6 Å². The molecule has 1 aromatic heterocycles. The second-order valence-electron chi connectivity index (χ2n) is 16.5. The largest absolute Gasteiger partial charge is 0.361 e. The van der Waals surface area contributed by atoms with Crippen LogP contribution in [0.25, 0.3) is 22.5 Å². The molecular formula is C51H53N5O7S. The number of aryl methyl sites for hydroxylation is 3. The number of para-hydroxylation sites is 1. The number of ether oxygens (including phenoxy) is 1. The Kier molecular flexibility index (Phi) is 14.7. The van der Waals surface area contributed by atoms with Crippen molar-refractivity contribution in [1.82, 2.24) is 20.3 Å². The number of aromatic amines is 1. The molecule has 0 fully saturated rings. The first-order valence-corrected chi connectivity index (χ1v) is 23.3. The summed E-state index contributed by atoms with van der Waals surface area (Å²) in [5, 5.41) is 11.6. The van der Waals surface area contributed by atoms with Gasteiger partial charge in [0.25, 0.3) is 5.91 Å². The van der Waals surface area contributed by atoms with Crippen LogP contribution in [0.15, 0.2) is 126 Å². The van der Waals surface area contributed by atoms with Gasteiger partial charge in [0.1, 0.15) is 23.9 Å². The van der Waals surface area contributed by atoms with Crippen molar-refractivity contribution < 1.29 is 32.3 Å². The maximum atomic E-state index is 13.9. The number of hydrogen-bond donors (Lipinski definition) is 1. The van der Waals surface area contributed by atoms with Crippen LogP contribution >= 0.6 is 0 Å².